The van der Waals surface area contributed by atoms with Gasteiger partial charge >= 0.3 is 0 Å². The Hall–Kier alpha value is -1.92. The number of aromatic nitrogens is 1. The van der Waals surface area contributed by atoms with Crippen LogP contribution in [0.2, 0.25) is 0 Å². The largest absolute Gasteiger partial charge is 0.506 e. The molecule has 3 aromatic rings. The molecule has 0 unspecified atom stereocenters. The lowest BCUT2D eigenvalue weighted by Crippen LogP contribution is -2.46. The number of benzene rings is 2. The van der Waals surface area contributed by atoms with Crippen LogP contribution in [-0.2, 0) is 0 Å². The van der Waals surface area contributed by atoms with E-state index in [0.717, 1.165) is 42.5 Å². The van der Waals surface area contributed by atoms with Crippen molar-refractivity contribution in [3.05, 3.63) is 42.5 Å². The minimum absolute atomic E-state index is 0.357. The molecule has 1 N–H and O–H groups in total. The second-order valence-corrected chi connectivity index (χ2v) is 7.68. The number of nitrogens with zero attached hydrogens (tertiary/aromatic N) is 3. The number of para-hydroxylation sites is 2. The fourth-order valence-corrected chi connectivity index (χ4v) is 4.60. The zero-order valence-corrected chi connectivity index (χ0v) is 15.1. The van der Waals surface area contributed by atoms with Crippen LogP contribution >= 0.6 is 23.1 Å². The lowest BCUT2D eigenvalue weighted by Gasteiger charge is -2.36. The molecule has 2 aromatic carbocycles. The first-order valence-electron chi connectivity index (χ1n) is 7.97. The smallest absolute Gasteiger partial charge is 0.186 e. The molecule has 24 heavy (non-hydrogen) atoms. The van der Waals surface area contributed by atoms with Crippen LogP contribution in [-0.4, -0.2) is 42.5 Å². The molecule has 0 spiro atoms. The number of phenolic OH excluding ortho intramolecular Hbond substituents is 1. The van der Waals surface area contributed by atoms with Crippen LogP contribution in [0.1, 0.15) is 0 Å². The molecule has 1 aliphatic heterocycles. The summed E-state index contributed by atoms with van der Waals surface area (Å²) >= 11 is 3.53. The van der Waals surface area contributed by atoms with Gasteiger partial charge in [-0.2, -0.15) is 0 Å². The van der Waals surface area contributed by atoms with Gasteiger partial charge in [-0.25, -0.2) is 4.98 Å². The molecule has 1 aromatic heterocycles. The van der Waals surface area contributed by atoms with Gasteiger partial charge in [-0.1, -0.05) is 23.5 Å². The van der Waals surface area contributed by atoms with Crippen molar-refractivity contribution in [2.24, 2.45) is 0 Å². The monoisotopic (exact) mass is 357 g/mol. The van der Waals surface area contributed by atoms with Gasteiger partial charge in [0.05, 0.1) is 15.9 Å². The molecule has 0 aliphatic carbocycles. The van der Waals surface area contributed by atoms with Crippen molar-refractivity contribution in [3.8, 4) is 5.75 Å². The van der Waals surface area contributed by atoms with Crippen molar-refractivity contribution in [2.45, 2.75) is 4.90 Å². The van der Waals surface area contributed by atoms with Gasteiger partial charge in [0.2, 0.25) is 0 Å². The minimum atomic E-state index is 0.357. The Balaban J connectivity index is 1.50. The summed E-state index contributed by atoms with van der Waals surface area (Å²) in [6.07, 6.45) is 2.10. The third kappa shape index (κ3) is 2.91. The predicted molar refractivity (Wildman–Crippen MR) is 104 cm³/mol. The number of fused-ring (bicyclic) bond motifs is 1. The SMILES string of the molecule is CSc1ccc2nc(N3CCN(c4ccccc4O)CC3)sc2c1. The van der Waals surface area contributed by atoms with Crippen molar-refractivity contribution < 1.29 is 5.11 Å². The van der Waals surface area contributed by atoms with Crippen LogP contribution in [0, 0.1) is 0 Å². The van der Waals surface area contributed by atoms with Crippen molar-refractivity contribution in [3.63, 3.8) is 0 Å². The molecule has 0 saturated carbocycles. The van der Waals surface area contributed by atoms with E-state index in [2.05, 4.69) is 34.3 Å². The standard InChI is InChI=1S/C18H19N3OS2/c1-23-13-6-7-14-17(12-13)24-18(19-14)21-10-8-20(9-11-21)15-4-2-3-5-16(15)22/h2-7,12,22H,8-11H2,1H3. The number of anilines is 2. The average Bonchev–Trinajstić information content (AvgIpc) is 3.05. The van der Waals surface area contributed by atoms with Crippen LogP contribution in [0.4, 0.5) is 10.8 Å². The summed E-state index contributed by atoms with van der Waals surface area (Å²) in [6.45, 7) is 3.63. The van der Waals surface area contributed by atoms with E-state index in [-0.39, 0.29) is 0 Å². The number of thioether (sulfide) groups is 1. The first kappa shape index (κ1) is 15.6. The van der Waals surface area contributed by atoms with E-state index in [9.17, 15) is 5.11 Å². The summed E-state index contributed by atoms with van der Waals surface area (Å²) in [5.74, 6) is 0.357. The number of phenols is 1. The Bertz CT molecular complexity index is 856. The molecule has 1 fully saturated rings. The van der Waals surface area contributed by atoms with E-state index in [1.165, 1.54) is 9.60 Å². The van der Waals surface area contributed by atoms with Gasteiger partial charge in [-0.15, -0.1) is 11.8 Å². The van der Waals surface area contributed by atoms with Crippen LogP contribution in [0.5, 0.6) is 5.75 Å². The maximum atomic E-state index is 10.0. The Labute approximate surface area is 149 Å². The zero-order chi connectivity index (χ0) is 16.5. The molecule has 1 saturated heterocycles. The Morgan fingerprint density at radius 2 is 1.79 bits per heavy atom. The van der Waals surface area contributed by atoms with Crippen LogP contribution in [0.3, 0.4) is 0 Å². The van der Waals surface area contributed by atoms with Gasteiger partial charge in [0.1, 0.15) is 5.75 Å². The molecular formula is C18H19N3OS2. The predicted octanol–water partition coefficient (Wildman–Crippen LogP) is 4.05. The molecule has 6 heteroatoms. The molecular weight excluding hydrogens is 338 g/mol. The van der Waals surface area contributed by atoms with Gasteiger partial charge in [0.15, 0.2) is 5.13 Å². The van der Waals surface area contributed by atoms with E-state index in [4.69, 9.17) is 4.98 Å². The maximum absolute atomic E-state index is 10.0. The molecule has 0 bridgehead atoms. The van der Waals surface area contributed by atoms with E-state index >= 15 is 0 Å². The number of thiazole rings is 1. The van der Waals surface area contributed by atoms with Crippen molar-refractivity contribution in [1.29, 1.82) is 0 Å². The minimum Gasteiger partial charge on any atom is -0.506 e. The quantitative estimate of drug-likeness (QED) is 0.716. The van der Waals surface area contributed by atoms with Gasteiger partial charge in [-0.05, 0) is 36.6 Å². The number of piperazine rings is 1. The van der Waals surface area contributed by atoms with Gasteiger partial charge in [0, 0.05) is 31.1 Å². The van der Waals surface area contributed by atoms with Crippen molar-refractivity contribution >= 4 is 44.1 Å². The number of aromatic hydroxyl groups is 1. The summed E-state index contributed by atoms with van der Waals surface area (Å²) in [6, 6.07) is 14.0. The van der Waals surface area contributed by atoms with Crippen LogP contribution in [0.15, 0.2) is 47.4 Å². The Morgan fingerprint density at radius 1 is 1.04 bits per heavy atom. The molecule has 124 valence electrons. The zero-order valence-electron chi connectivity index (χ0n) is 13.5. The fraction of sp³-hybridized carbons (Fsp3) is 0.278. The van der Waals surface area contributed by atoms with Gasteiger partial charge < -0.3 is 14.9 Å². The van der Waals surface area contributed by atoms with Gasteiger partial charge in [-0.3, -0.25) is 0 Å². The second kappa shape index (κ2) is 6.53. The highest BCUT2D eigenvalue weighted by Gasteiger charge is 2.21. The summed E-state index contributed by atoms with van der Waals surface area (Å²) in [5.41, 5.74) is 2.00. The van der Waals surface area contributed by atoms with E-state index in [1.54, 1.807) is 29.2 Å². The Kier molecular flexibility index (Phi) is 4.24. The molecule has 0 radical (unpaired) electrons. The van der Waals surface area contributed by atoms with E-state index in [1.807, 2.05) is 18.2 Å². The summed E-state index contributed by atoms with van der Waals surface area (Å²) in [5, 5.41) is 11.1. The molecule has 1 aliphatic rings. The highest BCUT2D eigenvalue weighted by molar-refractivity contribution is 7.98. The Morgan fingerprint density at radius 3 is 2.54 bits per heavy atom. The third-order valence-corrected chi connectivity index (χ3v) is 6.16. The fourth-order valence-electron chi connectivity index (χ4n) is 3.03. The molecule has 4 rings (SSSR count). The third-order valence-electron chi connectivity index (χ3n) is 4.36. The van der Waals surface area contributed by atoms with Crippen LogP contribution in [0.25, 0.3) is 10.2 Å². The lowest BCUT2D eigenvalue weighted by molar-refractivity contribution is 0.472. The molecule has 0 amide bonds. The van der Waals surface area contributed by atoms with E-state index < -0.39 is 0 Å². The highest BCUT2D eigenvalue weighted by Crippen LogP contribution is 2.33. The van der Waals surface area contributed by atoms with Crippen molar-refractivity contribution in [1.82, 2.24) is 4.98 Å². The first-order chi connectivity index (χ1) is 11.7. The van der Waals surface area contributed by atoms with E-state index in [0.29, 0.717) is 5.75 Å². The number of hydrogen-bond acceptors (Lipinski definition) is 6. The lowest BCUT2D eigenvalue weighted by atomic mass is 10.2. The normalized spacial score (nSPS) is 15.2. The average molecular weight is 358 g/mol. The van der Waals surface area contributed by atoms with Gasteiger partial charge in [0.25, 0.3) is 0 Å². The molecule has 0 atom stereocenters. The first-order valence-corrected chi connectivity index (χ1v) is 10.0. The second-order valence-electron chi connectivity index (χ2n) is 5.79. The van der Waals surface area contributed by atoms with Crippen LogP contribution < -0.4 is 9.80 Å². The van der Waals surface area contributed by atoms with Crippen molar-refractivity contribution in [2.75, 3.05) is 42.2 Å². The molecule has 4 nitrogen and oxygen atoms in total. The number of rotatable bonds is 3. The number of hydrogen-bond donors (Lipinski definition) is 1. The summed E-state index contributed by atoms with van der Waals surface area (Å²) < 4.78 is 1.25. The molecule has 2 heterocycles. The topological polar surface area (TPSA) is 39.6 Å². The highest BCUT2D eigenvalue weighted by atomic mass is 32.2. The summed E-state index contributed by atoms with van der Waals surface area (Å²) in [7, 11) is 0. The summed E-state index contributed by atoms with van der Waals surface area (Å²) in [4.78, 5) is 10.7. The maximum Gasteiger partial charge on any atom is 0.186 e.